The molecule has 0 atom stereocenters. The second-order valence-corrected chi connectivity index (χ2v) is 6.72. The van der Waals surface area contributed by atoms with E-state index in [1.165, 1.54) is 16.8 Å². The summed E-state index contributed by atoms with van der Waals surface area (Å²) in [5.41, 5.74) is 3.16. The first kappa shape index (κ1) is 17.9. The first-order valence-corrected chi connectivity index (χ1v) is 8.82. The van der Waals surface area contributed by atoms with Crippen molar-refractivity contribution < 1.29 is 18.7 Å². The molecule has 3 aromatic rings. The predicted octanol–water partition coefficient (Wildman–Crippen LogP) is 3.25. The number of ether oxygens (including phenoxy) is 1. The highest BCUT2D eigenvalue weighted by Gasteiger charge is 2.27. The summed E-state index contributed by atoms with van der Waals surface area (Å²) in [5.74, 6) is -0.331. The van der Waals surface area contributed by atoms with Crippen LogP contribution in [0.2, 0.25) is 0 Å². The number of amides is 1. The van der Waals surface area contributed by atoms with Gasteiger partial charge in [0.05, 0.1) is 17.9 Å². The lowest BCUT2D eigenvalue weighted by molar-refractivity contribution is -0.121. The Hall–Kier alpha value is -3.48. The molecule has 0 aliphatic carbocycles. The van der Waals surface area contributed by atoms with Crippen molar-refractivity contribution in [1.82, 2.24) is 9.78 Å². The standard InChI is InChI=1S/C21H18FN3O3/c1-13-9-14(2)25(23-13)21(27)16-5-8-19-18(10-16)24(20(26)12-28-19)11-15-3-6-17(22)7-4-15/h3-10H,11-12H2,1-2H3. The Morgan fingerprint density at radius 1 is 1.14 bits per heavy atom. The zero-order valence-electron chi connectivity index (χ0n) is 15.5. The van der Waals surface area contributed by atoms with E-state index in [1.807, 2.05) is 19.9 Å². The highest BCUT2D eigenvalue weighted by Crippen LogP contribution is 2.34. The number of fused-ring (bicyclic) bond motifs is 1. The van der Waals surface area contributed by atoms with Crippen LogP contribution < -0.4 is 9.64 Å². The predicted molar refractivity (Wildman–Crippen MR) is 101 cm³/mol. The van der Waals surface area contributed by atoms with Crippen LogP contribution in [0.25, 0.3) is 0 Å². The van der Waals surface area contributed by atoms with Crippen LogP contribution >= 0.6 is 0 Å². The van der Waals surface area contributed by atoms with Crippen molar-refractivity contribution in [3.63, 3.8) is 0 Å². The fourth-order valence-corrected chi connectivity index (χ4v) is 3.24. The van der Waals surface area contributed by atoms with Crippen molar-refractivity contribution >= 4 is 17.5 Å². The summed E-state index contributed by atoms with van der Waals surface area (Å²) in [4.78, 5) is 26.9. The SMILES string of the molecule is Cc1cc(C)n(C(=O)c2ccc3c(c2)N(Cc2ccc(F)cc2)C(=O)CO3)n1. The minimum atomic E-state index is -0.338. The van der Waals surface area contributed by atoms with E-state index < -0.39 is 0 Å². The van der Waals surface area contributed by atoms with E-state index in [9.17, 15) is 14.0 Å². The van der Waals surface area contributed by atoms with Gasteiger partial charge in [0.25, 0.3) is 11.8 Å². The van der Waals surface area contributed by atoms with Crippen LogP contribution in [0.1, 0.15) is 27.3 Å². The van der Waals surface area contributed by atoms with Gasteiger partial charge in [-0.05, 0) is 55.8 Å². The lowest BCUT2D eigenvalue weighted by atomic mass is 10.1. The monoisotopic (exact) mass is 379 g/mol. The van der Waals surface area contributed by atoms with Gasteiger partial charge in [-0.2, -0.15) is 5.10 Å². The van der Waals surface area contributed by atoms with E-state index in [0.29, 0.717) is 17.0 Å². The van der Waals surface area contributed by atoms with E-state index in [2.05, 4.69) is 5.10 Å². The Morgan fingerprint density at radius 2 is 1.89 bits per heavy atom. The van der Waals surface area contributed by atoms with Crippen LogP contribution in [0, 0.1) is 19.7 Å². The molecule has 1 aromatic heterocycles. The van der Waals surface area contributed by atoms with Gasteiger partial charge >= 0.3 is 0 Å². The lowest BCUT2D eigenvalue weighted by Crippen LogP contribution is -2.38. The minimum absolute atomic E-state index is 0.0844. The summed E-state index contributed by atoms with van der Waals surface area (Å²) in [6.45, 7) is 3.80. The number of halogens is 1. The highest BCUT2D eigenvalue weighted by molar-refractivity contribution is 6.01. The first-order valence-electron chi connectivity index (χ1n) is 8.82. The van der Waals surface area contributed by atoms with Gasteiger partial charge in [-0.1, -0.05) is 12.1 Å². The Labute approximate surface area is 161 Å². The Balaban J connectivity index is 1.70. The van der Waals surface area contributed by atoms with E-state index in [0.717, 1.165) is 17.0 Å². The first-order chi connectivity index (χ1) is 13.4. The summed E-state index contributed by atoms with van der Waals surface area (Å²) in [6, 6.07) is 12.7. The number of benzene rings is 2. The zero-order chi connectivity index (χ0) is 19.8. The van der Waals surface area contributed by atoms with Gasteiger partial charge in [0, 0.05) is 11.3 Å². The molecule has 0 fully saturated rings. The van der Waals surface area contributed by atoms with E-state index in [1.54, 1.807) is 35.2 Å². The molecule has 7 heteroatoms. The molecule has 2 heterocycles. The number of hydrogen-bond donors (Lipinski definition) is 0. The number of hydrogen-bond acceptors (Lipinski definition) is 4. The van der Waals surface area contributed by atoms with Gasteiger partial charge in [-0.25, -0.2) is 9.07 Å². The normalized spacial score (nSPS) is 13.2. The second-order valence-electron chi connectivity index (χ2n) is 6.72. The summed E-state index contributed by atoms with van der Waals surface area (Å²) >= 11 is 0. The Morgan fingerprint density at radius 3 is 2.57 bits per heavy atom. The molecule has 1 amide bonds. The largest absolute Gasteiger partial charge is 0.482 e. The van der Waals surface area contributed by atoms with Crippen molar-refractivity contribution in [2.24, 2.45) is 0 Å². The number of rotatable bonds is 3. The number of nitrogens with zero attached hydrogens (tertiary/aromatic N) is 3. The molecule has 4 rings (SSSR count). The number of aryl methyl sites for hydroxylation is 2. The zero-order valence-corrected chi connectivity index (χ0v) is 15.5. The minimum Gasteiger partial charge on any atom is -0.482 e. The molecule has 6 nitrogen and oxygen atoms in total. The van der Waals surface area contributed by atoms with Crippen LogP contribution in [0.4, 0.5) is 10.1 Å². The Kier molecular flexibility index (Phi) is 4.43. The van der Waals surface area contributed by atoms with Crippen LogP contribution in [-0.2, 0) is 11.3 Å². The molecule has 28 heavy (non-hydrogen) atoms. The van der Waals surface area contributed by atoms with Crippen LogP contribution in [0.5, 0.6) is 5.75 Å². The topological polar surface area (TPSA) is 64.4 Å². The molecular weight excluding hydrogens is 361 g/mol. The van der Waals surface area contributed by atoms with Crippen molar-refractivity contribution in [2.45, 2.75) is 20.4 Å². The van der Waals surface area contributed by atoms with Gasteiger partial charge in [0.1, 0.15) is 11.6 Å². The maximum Gasteiger partial charge on any atom is 0.278 e. The van der Waals surface area contributed by atoms with Gasteiger partial charge in [0.2, 0.25) is 0 Å². The number of carbonyl (C=O) groups is 2. The van der Waals surface area contributed by atoms with Crippen LogP contribution in [0.15, 0.2) is 48.5 Å². The molecule has 0 spiro atoms. The summed E-state index contributed by atoms with van der Waals surface area (Å²) in [7, 11) is 0. The van der Waals surface area contributed by atoms with Gasteiger partial charge in [-0.3, -0.25) is 9.59 Å². The quantitative estimate of drug-likeness (QED) is 0.701. The van der Waals surface area contributed by atoms with Crippen LogP contribution in [-0.4, -0.2) is 28.2 Å². The Bertz CT molecular complexity index is 1070. The summed E-state index contributed by atoms with van der Waals surface area (Å²) < 4.78 is 20.0. The molecule has 1 aliphatic heterocycles. The molecule has 0 saturated carbocycles. The van der Waals surface area contributed by atoms with Crippen LogP contribution in [0.3, 0.4) is 0 Å². The number of carbonyl (C=O) groups excluding carboxylic acids is 2. The van der Waals surface area contributed by atoms with Crippen molar-refractivity contribution in [3.8, 4) is 5.75 Å². The lowest BCUT2D eigenvalue weighted by Gasteiger charge is -2.29. The summed E-state index contributed by atoms with van der Waals surface area (Å²) in [6.07, 6.45) is 0. The third-order valence-corrected chi connectivity index (χ3v) is 4.60. The van der Waals surface area contributed by atoms with Crippen molar-refractivity contribution in [2.75, 3.05) is 11.5 Å². The van der Waals surface area contributed by atoms with Gasteiger partial charge in [0.15, 0.2) is 6.61 Å². The maximum atomic E-state index is 13.2. The third kappa shape index (κ3) is 3.26. The smallest absolute Gasteiger partial charge is 0.278 e. The van der Waals surface area contributed by atoms with Crippen molar-refractivity contribution in [3.05, 3.63) is 76.9 Å². The molecule has 0 bridgehead atoms. The molecule has 0 saturated heterocycles. The molecule has 0 unspecified atom stereocenters. The molecule has 1 aliphatic rings. The summed E-state index contributed by atoms with van der Waals surface area (Å²) in [5, 5.41) is 4.23. The third-order valence-electron chi connectivity index (χ3n) is 4.60. The molecular formula is C21H18FN3O3. The second kappa shape index (κ2) is 6.92. The average Bonchev–Trinajstić information content (AvgIpc) is 3.02. The molecule has 2 aromatic carbocycles. The highest BCUT2D eigenvalue weighted by atomic mass is 19.1. The number of aromatic nitrogens is 2. The molecule has 0 radical (unpaired) electrons. The maximum absolute atomic E-state index is 13.2. The van der Waals surface area contributed by atoms with Crippen molar-refractivity contribution in [1.29, 1.82) is 0 Å². The number of anilines is 1. The van der Waals surface area contributed by atoms with Gasteiger partial charge < -0.3 is 9.64 Å². The average molecular weight is 379 g/mol. The molecule has 0 N–H and O–H groups in total. The fourth-order valence-electron chi connectivity index (χ4n) is 3.24. The van der Waals surface area contributed by atoms with E-state index >= 15 is 0 Å². The van der Waals surface area contributed by atoms with E-state index in [4.69, 9.17) is 4.74 Å². The molecule has 142 valence electrons. The fraction of sp³-hybridized carbons (Fsp3) is 0.190. The van der Waals surface area contributed by atoms with Gasteiger partial charge in [-0.15, -0.1) is 0 Å². The van der Waals surface area contributed by atoms with E-state index in [-0.39, 0.29) is 30.8 Å².